The first-order valence-electron chi connectivity index (χ1n) is 6.11. The number of ether oxygens (including phenoxy) is 2. The van der Waals surface area contributed by atoms with E-state index in [1.54, 1.807) is 6.07 Å². The molecule has 3 rings (SSSR count). The van der Waals surface area contributed by atoms with Crippen molar-refractivity contribution in [3.63, 3.8) is 0 Å². The van der Waals surface area contributed by atoms with Gasteiger partial charge in [-0.05, 0) is 0 Å². The number of nitrogens with zero attached hydrogens (tertiary/aromatic N) is 2. The molecular formula is C13H11N3O4Se. The van der Waals surface area contributed by atoms with E-state index in [0.29, 0.717) is 5.69 Å². The van der Waals surface area contributed by atoms with Gasteiger partial charge in [0.25, 0.3) is 0 Å². The number of nitrogens with one attached hydrogen (secondary N) is 1. The molecule has 108 valence electrons. The van der Waals surface area contributed by atoms with Gasteiger partial charge in [-0.2, -0.15) is 0 Å². The molecule has 1 saturated heterocycles. The quantitative estimate of drug-likeness (QED) is 0.370. The van der Waals surface area contributed by atoms with E-state index >= 15 is 0 Å². The number of benzene rings is 1. The van der Waals surface area contributed by atoms with Gasteiger partial charge in [0.05, 0.1) is 0 Å². The molecular weight excluding hydrogens is 341 g/mol. The summed E-state index contributed by atoms with van der Waals surface area (Å²) in [7, 11) is 0. The van der Waals surface area contributed by atoms with Crippen LogP contribution in [0.4, 0.5) is 5.69 Å². The first-order valence-corrected chi connectivity index (χ1v) is 7.64. The van der Waals surface area contributed by atoms with E-state index in [4.69, 9.17) is 9.47 Å². The van der Waals surface area contributed by atoms with Crippen molar-refractivity contribution in [3.8, 4) is 0 Å². The van der Waals surface area contributed by atoms with Gasteiger partial charge in [0.1, 0.15) is 0 Å². The van der Waals surface area contributed by atoms with E-state index < -0.39 is 17.7 Å². The van der Waals surface area contributed by atoms with Gasteiger partial charge in [-0.1, -0.05) is 0 Å². The Bertz CT molecular complexity index is 744. The number of aromatic nitrogens is 2. The number of hydrogen-bond donors (Lipinski definition) is 1. The Morgan fingerprint density at radius 1 is 1.19 bits per heavy atom. The summed E-state index contributed by atoms with van der Waals surface area (Å²) in [6.07, 6.45) is 1.27. The molecule has 0 bridgehead atoms. The van der Waals surface area contributed by atoms with Crippen LogP contribution in [0.5, 0.6) is 0 Å². The van der Waals surface area contributed by atoms with Crippen LogP contribution in [0.1, 0.15) is 13.8 Å². The number of hydrogen-bond acceptors (Lipinski definition) is 7. The van der Waals surface area contributed by atoms with E-state index in [1.165, 1.54) is 20.0 Å². The second-order valence-corrected chi connectivity index (χ2v) is 5.93. The molecule has 8 heteroatoms. The summed E-state index contributed by atoms with van der Waals surface area (Å²) < 4.78 is 18.6. The SMILES string of the molecule is CC1(C)OC(=O)C(=CNc2cccc3n[se]nc23)C(=O)O1. The van der Waals surface area contributed by atoms with E-state index in [0.717, 1.165) is 11.0 Å². The van der Waals surface area contributed by atoms with Crippen LogP contribution in [0.15, 0.2) is 30.0 Å². The zero-order valence-electron chi connectivity index (χ0n) is 11.2. The van der Waals surface area contributed by atoms with Gasteiger partial charge < -0.3 is 0 Å². The predicted octanol–water partition coefficient (Wildman–Crippen LogP) is 0.819. The molecule has 0 radical (unpaired) electrons. The summed E-state index contributed by atoms with van der Waals surface area (Å²) in [4.78, 5) is 23.6. The summed E-state index contributed by atoms with van der Waals surface area (Å²) in [5.74, 6) is -2.68. The molecule has 1 aromatic heterocycles. The number of rotatable bonds is 2. The molecule has 1 N–H and O–H groups in total. The van der Waals surface area contributed by atoms with Gasteiger partial charge in [-0.3, -0.25) is 0 Å². The molecule has 0 amide bonds. The molecule has 0 saturated carbocycles. The number of esters is 2. The summed E-state index contributed by atoms with van der Waals surface area (Å²) in [6.45, 7) is 3.00. The van der Waals surface area contributed by atoms with E-state index in [-0.39, 0.29) is 20.5 Å². The Kier molecular flexibility index (Phi) is 3.27. The molecule has 1 aliphatic rings. The Morgan fingerprint density at radius 3 is 2.62 bits per heavy atom. The summed E-state index contributed by atoms with van der Waals surface area (Å²) in [6, 6.07) is 5.47. The van der Waals surface area contributed by atoms with Crippen molar-refractivity contribution in [1.82, 2.24) is 7.96 Å². The van der Waals surface area contributed by atoms with Crippen LogP contribution in [0.3, 0.4) is 0 Å². The predicted molar refractivity (Wildman–Crippen MR) is 74.4 cm³/mol. The number of anilines is 1. The van der Waals surface area contributed by atoms with Gasteiger partial charge >= 0.3 is 126 Å². The normalized spacial score (nSPS) is 17.3. The standard InChI is InChI=1S/C13H11N3O4Se/c1-13(2)19-11(17)7(12(18)20-13)6-14-8-4-3-5-9-10(8)16-21-15-9/h3-6,14H,1-2H3. The molecule has 0 aliphatic carbocycles. The van der Waals surface area contributed by atoms with Gasteiger partial charge in [-0.25, -0.2) is 0 Å². The Labute approximate surface area is 126 Å². The average molecular weight is 352 g/mol. The number of fused-ring (bicyclic) bond motifs is 1. The number of carbonyl (C=O) groups is 2. The molecule has 1 aliphatic heterocycles. The molecule has 7 nitrogen and oxygen atoms in total. The zero-order chi connectivity index (χ0) is 15.0. The van der Waals surface area contributed by atoms with Gasteiger partial charge in [-0.15, -0.1) is 0 Å². The Morgan fingerprint density at radius 2 is 1.90 bits per heavy atom. The summed E-state index contributed by atoms with van der Waals surface area (Å²) in [5.41, 5.74) is 2.02. The first-order chi connectivity index (χ1) is 9.96. The summed E-state index contributed by atoms with van der Waals surface area (Å²) in [5, 5.41) is 2.90. The fourth-order valence-electron chi connectivity index (χ4n) is 1.85. The van der Waals surface area contributed by atoms with Crippen molar-refractivity contribution < 1.29 is 19.1 Å². The van der Waals surface area contributed by atoms with Crippen molar-refractivity contribution in [2.24, 2.45) is 0 Å². The Hall–Kier alpha value is -2.18. The molecule has 21 heavy (non-hydrogen) atoms. The van der Waals surface area contributed by atoms with Gasteiger partial charge in [0.15, 0.2) is 0 Å². The molecule has 1 aromatic carbocycles. The van der Waals surface area contributed by atoms with Crippen LogP contribution < -0.4 is 5.32 Å². The van der Waals surface area contributed by atoms with Crippen LogP contribution in [0.25, 0.3) is 11.0 Å². The Balaban J connectivity index is 1.88. The van der Waals surface area contributed by atoms with Crippen molar-refractivity contribution in [2.45, 2.75) is 19.6 Å². The summed E-state index contributed by atoms with van der Waals surface area (Å²) >= 11 is -0.153. The fourth-order valence-corrected chi connectivity index (χ4v) is 3.00. The third kappa shape index (κ3) is 2.68. The van der Waals surface area contributed by atoms with E-state index in [2.05, 4.69) is 13.3 Å². The maximum atomic E-state index is 11.8. The first kappa shape index (κ1) is 13.8. The second kappa shape index (κ2) is 4.98. The molecule has 0 spiro atoms. The van der Waals surface area contributed by atoms with E-state index in [1.807, 2.05) is 12.1 Å². The van der Waals surface area contributed by atoms with Crippen molar-refractivity contribution >= 4 is 43.6 Å². The topological polar surface area (TPSA) is 90.4 Å². The minimum absolute atomic E-state index is 0.153. The fraction of sp³-hybridized carbons (Fsp3) is 0.231. The third-order valence-corrected chi connectivity index (χ3v) is 3.91. The average Bonchev–Trinajstić information content (AvgIpc) is 2.85. The minimum atomic E-state index is -1.24. The monoisotopic (exact) mass is 353 g/mol. The van der Waals surface area contributed by atoms with Crippen molar-refractivity contribution in [1.29, 1.82) is 0 Å². The number of cyclic esters (lactones) is 2. The maximum absolute atomic E-state index is 11.8. The molecule has 2 heterocycles. The van der Waals surface area contributed by atoms with Crippen LogP contribution in [0.2, 0.25) is 0 Å². The van der Waals surface area contributed by atoms with Crippen molar-refractivity contribution in [3.05, 3.63) is 30.0 Å². The number of carbonyl (C=O) groups excluding carboxylic acids is 2. The second-order valence-electron chi connectivity index (χ2n) is 4.82. The molecule has 0 unspecified atom stereocenters. The molecule has 1 fully saturated rings. The van der Waals surface area contributed by atoms with Crippen LogP contribution in [-0.4, -0.2) is 40.6 Å². The third-order valence-electron chi connectivity index (χ3n) is 2.77. The van der Waals surface area contributed by atoms with Gasteiger partial charge in [0.2, 0.25) is 0 Å². The van der Waals surface area contributed by atoms with Crippen molar-refractivity contribution in [2.75, 3.05) is 5.32 Å². The van der Waals surface area contributed by atoms with Crippen LogP contribution in [-0.2, 0) is 19.1 Å². The van der Waals surface area contributed by atoms with E-state index in [9.17, 15) is 9.59 Å². The molecule has 0 atom stereocenters. The van der Waals surface area contributed by atoms with Gasteiger partial charge in [0, 0.05) is 0 Å². The molecule has 2 aromatic rings. The zero-order valence-corrected chi connectivity index (χ0v) is 13.0. The van der Waals surface area contributed by atoms with Crippen LogP contribution >= 0.6 is 0 Å². The van der Waals surface area contributed by atoms with Crippen LogP contribution in [0, 0.1) is 0 Å².